The lowest BCUT2D eigenvalue weighted by atomic mass is 9.97. The van der Waals surface area contributed by atoms with E-state index in [0.717, 1.165) is 12.8 Å². The van der Waals surface area contributed by atoms with Gasteiger partial charge in [0.1, 0.15) is 0 Å². The Labute approximate surface area is 164 Å². The number of benzene rings is 1. The fraction of sp³-hybridized carbons (Fsp3) is 0.556. The fourth-order valence-electron chi connectivity index (χ4n) is 3.09. The van der Waals surface area contributed by atoms with Crippen LogP contribution >= 0.6 is 11.6 Å². The van der Waals surface area contributed by atoms with Crippen LogP contribution in [0.15, 0.2) is 29.2 Å². The normalized spacial score (nSPS) is 18.9. The largest absolute Gasteiger partial charge is 0.355 e. The summed E-state index contributed by atoms with van der Waals surface area (Å²) in [4.78, 5) is 24.1. The van der Waals surface area contributed by atoms with Crippen molar-refractivity contribution in [3.8, 4) is 0 Å². The predicted molar refractivity (Wildman–Crippen MR) is 102 cm³/mol. The van der Waals surface area contributed by atoms with Crippen molar-refractivity contribution >= 4 is 33.4 Å². The molecular formula is C18H24ClN3O4S. The monoisotopic (exact) mass is 413 g/mol. The minimum atomic E-state index is -3.57. The molecule has 1 saturated heterocycles. The molecule has 1 aliphatic carbocycles. The van der Waals surface area contributed by atoms with Gasteiger partial charge in [-0.3, -0.25) is 9.59 Å². The lowest BCUT2D eigenvalue weighted by Gasteiger charge is -2.30. The van der Waals surface area contributed by atoms with Crippen LogP contribution in [0, 0.1) is 5.92 Å². The van der Waals surface area contributed by atoms with E-state index in [-0.39, 0.29) is 29.0 Å². The first-order valence-corrected chi connectivity index (χ1v) is 11.0. The molecule has 9 heteroatoms. The third-order valence-corrected chi connectivity index (χ3v) is 7.03. The van der Waals surface area contributed by atoms with Crippen LogP contribution in [-0.4, -0.2) is 50.2 Å². The van der Waals surface area contributed by atoms with Gasteiger partial charge < -0.3 is 10.6 Å². The van der Waals surface area contributed by atoms with Crippen molar-refractivity contribution in [3.05, 3.63) is 29.3 Å². The molecule has 0 atom stereocenters. The first-order chi connectivity index (χ1) is 12.9. The molecule has 7 nitrogen and oxygen atoms in total. The molecule has 2 fully saturated rings. The second kappa shape index (κ2) is 8.58. The maximum absolute atomic E-state index is 12.7. The fourth-order valence-corrected chi connectivity index (χ4v) is 4.68. The minimum Gasteiger partial charge on any atom is -0.355 e. The standard InChI is InChI=1S/C18H24ClN3O4S/c19-14-1-5-16(6-2-14)27(25,26)22-11-8-13(9-12-22)18(24)20-10-7-17(23)21-15-3-4-15/h1-2,5-6,13,15H,3-4,7-12H2,(H,20,24)(H,21,23). The van der Waals surface area contributed by atoms with Gasteiger partial charge in [0.05, 0.1) is 4.90 Å². The molecule has 1 aromatic rings. The second-order valence-electron chi connectivity index (χ2n) is 7.02. The van der Waals surface area contributed by atoms with E-state index in [9.17, 15) is 18.0 Å². The van der Waals surface area contributed by atoms with E-state index in [0.29, 0.717) is 43.5 Å². The summed E-state index contributed by atoms with van der Waals surface area (Å²) < 4.78 is 26.7. The van der Waals surface area contributed by atoms with Crippen LogP contribution < -0.4 is 10.6 Å². The van der Waals surface area contributed by atoms with Gasteiger partial charge in [0, 0.05) is 43.0 Å². The van der Waals surface area contributed by atoms with Gasteiger partial charge in [-0.15, -0.1) is 0 Å². The Hall–Kier alpha value is -1.64. The third-order valence-electron chi connectivity index (χ3n) is 4.87. The van der Waals surface area contributed by atoms with Crippen LogP contribution in [-0.2, 0) is 19.6 Å². The van der Waals surface area contributed by atoms with Crippen molar-refractivity contribution in [2.75, 3.05) is 19.6 Å². The number of sulfonamides is 1. The summed E-state index contributed by atoms with van der Waals surface area (Å²) in [5, 5.41) is 6.14. The molecule has 148 valence electrons. The molecule has 1 saturated carbocycles. The number of halogens is 1. The number of carbonyl (C=O) groups excluding carboxylic acids is 2. The highest BCUT2D eigenvalue weighted by molar-refractivity contribution is 7.89. The average Bonchev–Trinajstić information content (AvgIpc) is 3.46. The van der Waals surface area contributed by atoms with E-state index in [1.807, 2.05) is 0 Å². The van der Waals surface area contributed by atoms with E-state index in [1.165, 1.54) is 16.4 Å². The molecule has 1 heterocycles. The van der Waals surface area contributed by atoms with E-state index in [1.54, 1.807) is 12.1 Å². The van der Waals surface area contributed by atoms with E-state index < -0.39 is 10.0 Å². The zero-order valence-electron chi connectivity index (χ0n) is 15.0. The van der Waals surface area contributed by atoms with Crippen LogP contribution in [0.4, 0.5) is 0 Å². The predicted octanol–water partition coefficient (Wildman–Crippen LogP) is 1.53. The topological polar surface area (TPSA) is 95.6 Å². The number of hydrogen-bond donors (Lipinski definition) is 2. The second-order valence-corrected chi connectivity index (χ2v) is 9.39. The number of nitrogens with one attached hydrogen (secondary N) is 2. The minimum absolute atomic E-state index is 0.0401. The van der Waals surface area contributed by atoms with Crippen LogP contribution in [0.5, 0.6) is 0 Å². The van der Waals surface area contributed by atoms with Crippen LogP contribution in [0.1, 0.15) is 32.1 Å². The van der Waals surface area contributed by atoms with Gasteiger partial charge in [-0.25, -0.2) is 8.42 Å². The molecule has 2 aliphatic rings. The van der Waals surface area contributed by atoms with Gasteiger partial charge in [-0.2, -0.15) is 4.31 Å². The summed E-state index contributed by atoms with van der Waals surface area (Å²) in [6.07, 6.45) is 3.27. The van der Waals surface area contributed by atoms with Crippen LogP contribution in [0.3, 0.4) is 0 Å². The third kappa shape index (κ3) is 5.43. The molecule has 0 radical (unpaired) electrons. The summed E-state index contributed by atoms with van der Waals surface area (Å²) >= 11 is 5.81. The number of nitrogens with zero attached hydrogens (tertiary/aromatic N) is 1. The first kappa shape index (κ1) is 20.1. The van der Waals surface area contributed by atoms with Crippen molar-refractivity contribution in [2.45, 2.75) is 43.0 Å². The summed E-state index contributed by atoms with van der Waals surface area (Å²) in [5.41, 5.74) is 0. The Morgan fingerprint density at radius 3 is 2.30 bits per heavy atom. The molecule has 2 amide bonds. The lowest BCUT2D eigenvalue weighted by molar-refractivity contribution is -0.126. The average molecular weight is 414 g/mol. The maximum atomic E-state index is 12.7. The molecule has 0 bridgehead atoms. The highest BCUT2D eigenvalue weighted by Crippen LogP contribution is 2.25. The van der Waals surface area contributed by atoms with Gasteiger partial charge in [0.2, 0.25) is 21.8 Å². The zero-order chi connectivity index (χ0) is 19.4. The summed E-state index contributed by atoms with van der Waals surface area (Å²) in [6.45, 7) is 0.900. The molecular weight excluding hydrogens is 390 g/mol. The highest BCUT2D eigenvalue weighted by atomic mass is 35.5. The van der Waals surface area contributed by atoms with E-state index in [2.05, 4.69) is 10.6 Å². The zero-order valence-corrected chi connectivity index (χ0v) is 16.6. The lowest BCUT2D eigenvalue weighted by Crippen LogP contribution is -2.43. The smallest absolute Gasteiger partial charge is 0.243 e. The van der Waals surface area contributed by atoms with Crippen molar-refractivity contribution < 1.29 is 18.0 Å². The molecule has 2 N–H and O–H groups in total. The molecule has 0 spiro atoms. The number of amides is 2. The Balaban J connectivity index is 1.44. The Kier molecular flexibility index (Phi) is 6.39. The molecule has 1 aromatic carbocycles. The van der Waals surface area contributed by atoms with Crippen LogP contribution in [0.2, 0.25) is 5.02 Å². The molecule has 3 rings (SSSR count). The van der Waals surface area contributed by atoms with Gasteiger partial charge in [0.15, 0.2) is 0 Å². The number of carbonyl (C=O) groups is 2. The van der Waals surface area contributed by atoms with Gasteiger partial charge >= 0.3 is 0 Å². The highest BCUT2D eigenvalue weighted by Gasteiger charge is 2.32. The summed E-state index contributed by atoms with van der Waals surface area (Å²) in [5.74, 6) is -0.382. The van der Waals surface area contributed by atoms with Gasteiger partial charge in [0.25, 0.3) is 0 Å². The number of piperidine rings is 1. The van der Waals surface area contributed by atoms with Crippen molar-refractivity contribution in [3.63, 3.8) is 0 Å². The molecule has 27 heavy (non-hydrogen) atoms. The Morgan fingerprint density at radius 2 is 1.70 bits per heavy atom. The Morgan fingerprint density at radius 1 is 1.07 bits per heavy atom. The molecule has 0 aromatic heterocycles. The van der Waals surface area contributed by atoms with Gasteiger partial charge in [-0.05, 0) is 49.9 Å². The number of hydrogen-bond acceptors (Lipinski definition) is 4. The van der Waals surface area contributed by atoms with Crippen molar-refractivity contribution in [2.24, 2.45) is 5.92 Å². The van der Waals surface area contributed by atoms with Crippen molar-refractivity contribution in [1.82, 2.24) is 14.9 Å². The van der Waals surface area contributed by atoms with Gasteiger partial charge in [-0.1, -0.05) is 11.6 Å². The van der Waals surface area contributed by atoms with Crippen molar-refractivity contribution in [1.29, 1.82) is 0 Å². The Bertz CT molecular complexity index is 785. The maximum Gasteiger partial charge on any atom is 0.243 e. The van der Waals surface area contributed by atoms with E-state index in [4.69, 9.17) is 11.6 Å². The SMILES string of the molecule is O=C(CCNC(=O)C1CCN(S(=O)(=O)c2ccc(Cl)cc2)CC1)NC1CC1. The summed E-state index contributed by atoms with van der Waals surface area (Å²) in [6, 6.07) is 6.40. The molecule has 1 aliphatic heterocycles. The van der Waals surface area contributed by atoms with E-state index >= 15 is 0 Å². The number of rotatable bonds is 7. The summed E-state index contributed by atoms with van der Waals surface area (Å²) in [7, 11) is -3.57. The van der Waals surface area contributed by atoms with Crippen LogP contribution in [0.25, 0.3) is 0 Å². The quantitative estimate of drug-likeness (QED) is 0.708. The first-order valence-electron chi connectivity index (χ1n) is 9.19. The molecule has 0 unspecified atom stereocenters.